The molecular weight excluding hydrogens is 441 g/mol. The molecule has 0 fully saturated rings. The number of nitrogens with zero attached hydrogens (tertiary/aromatic N) is 2. The molecule has 0 aliphatic rings. The SMILES string of the molecule is Cc1cc(C(=O)CCc2cc(-c3ccc(C(F)(F)F)cc3)nn2Cc2ccccc2)ccc1O. The minimum atomic E-state index is -4.40. The third-order valence-corrected chi connectivity index (χ3v) is 5.67. The molecule has 34 heavy (non-hydrogen) atoms. The molecule has 0 amide bonds. The van der Waals surface area contributed by atoms with E-state index in [1.54, 1.807) is 23.7 Å². The summed E-state index contributed by atoms with van der Waals surface area (Å²) < 4.78 is 40.6. The molecule has 0 saturated carbocycles. The lowest BCUT2D eigenvalue weighted by Gasteiger charge is -2.08. The van der Waals surface area contributed by atoms with Crippen molar-refractivity contribution in [2.24, 2.45) is 0 Å². The minimum Gasteiger partial charge on any atom is -0.508 e. The number of hydrogen-bond acceptors (Lipinski definition) is 3. The van der Waals surface area contributed by atoms with Crippen LogP contribution in [0.2, 0.25) is 0 Å². The summed E-state index contributed by atoms with van der Waals surface area (Å²) in [5.74, 6) is 0.0744. The van der Waals surface area contributed by atoms with E-state index in [4.69, 9.17) is 0 Å². The molecule has 4 aromatic rings. The molecule has 7 heteroatoms. The van der Waals surface area contributed by atoms with Gasteiger partial charge < -0.3 is 5.11 Å². The highest BCUT2D eigenvalue weighted by molar-refractivity contribution is 5.96. The monoisotopic (exact) mass is 464 g/mol. The van der Waals surface area contributed by atoms with Gasteiger partial charge in [-0.15, -0.1) is 0 Å². The molecule has 0 aliphatic heterocycles. The Hall–Kier alpha value is -3.87. The van der Waals surface area contributed by atoms with Crippen LogP contribution < -0.4 is 0 Å². The van der Waals surface area contributed by atoms with Crippen molar-refractivity contribution in [2.45, 2.75) is 32.5 Å². The number of carbonyl (C=O) groups excluding carboxylic acids is 1. The third kappa shape index (κ3) is 5.36. The first kappa shape index (κ1) is 23.3. The van der Waals surface area contributed by atoms with Gasteiger partial charge in [-0.3, -0.25) is 9.48 Å². The number of phenolic OH excluding ortho intramolecular Hbond substituents is 1. The predicted molar refractivity (Wildman–Crippen MR) is 124 cm³/mol. The number of rotatable bonds is 7. The molecule has 1 aromatic heterocycles. The summed E-state index contributed by atoms with van der Waals surface area (Å²) in [4.78, 5) is 12.7. The summed E-state index contributed by atoms with van der Waals surface area (Å²) in [7, 11) is 0. The Balaban J connectivity index is 1.59. The lowest BCUT2D eigenvalue weighted by Crippen LogP contribution is -2.09. The lowest BCUT2D eigenvalue weighted by atomic mass is 10.0. The molecule has 0 spiro atoms. The Bertz CT molecular complexity index is 1290. The number of aryl methyl sites for hydroxylation is 2. The van der Waals surface area contributed by atoms with Crippen molar-refractivity contribution < 1.29 is 23.1 Å². The van der Waals surface area contributed by atoms with Crippen molar-refractivity contribution in [2.75, 3.05) is 0 Å². The minimum absolute atomic E-state index is 0.0633. The summed E-state index contributed by atoms with van der Waals surface area (Å²) in [6.07, 6.45) is -3.75. The molecule has 0 saturated heterocycles. The number of Topliss-reactive ketones (excluding diaryl/α,β-unsaturated/α-hetero) is 1. The van der Waals surface area contributed by atoms with Gasteiger partial charge in [-0.25, -0.2) is 0 Å². The smallest absolute Gasteiger partial charge is 0.416 e. The van der Waals surface area contributed by atoms with Gasteiger partial charge in [-0.05, 0) is 60.9 Å². The van der Waals surface area contributed by atoms with Crippen molar-refractivity contribution in [3.05, 3.63) is 107 Å². The quantitative estimate of drug-likeness (QED) is 0.320. The molecule has 0 unspecified atom stereocenters. The third-order valence-electron chi connectivity index (χ3n) is 5.67. The maximum absolute atomic E-state index is 12.9. The van der Waals surface area contributed by atoms with Gasteiger partial charge >= 0.3 is 6.18 Å². The maximum atomic E-state index is 12.9. The van der Waals surface area contributed by atoms with Crippen LogP contribution >= 0.6 is 0 Å². The molecule has 1 heterocycles. The van der Waals surface area contributed by atoms with E-state index in [0.29, 0.717) is 35.3 Å². The molecule has 3 aromatic carbocycles. The Morgan fingerprint density at radius 2 is 1.68 bits per heavy atom. The Kier molecular flexibility index (Phi) is 6.54. The number of ketones is 1. The fourth-order valence-electron chi connectivity index (χ4n) is 3.74. The zero-order valence-electron chi connectivity index (χ0n) is 18.5. The van der Waals surface area contributed by atoms with Gasteiger partial charge in [-0.1, -0.05) is 42.5 Å². The standard InChI is InChI=1S/C27H23F3N2O2/c1-18-15-21(9-13-25(18)33)26(34)14-12-23-16-24(20-7-10-22(11-8-20)27(28,29)30)31-32(23)17-19-5-3-2-4-6-19/h2-11,13,15-16,33H,12,14,17H2,1H3. The van der Waals surface area contributed by atoms with E-state index in [1.807, 2.05) is 36.4 Å². The predicted octanol–water partition coefficient (Wildman–Crippen LogP) is 6.45. The fraction of sp³-hybridized carbons (Fsp3) is 0.185. The molecule has 4 rings (SSSR count). The Morgan fingerprint density at radius 3 is 2.32 bits per heavy atom. The van der Waals surface area contributed by atoms with Crippen LogP contribution in [0.15, 0.2) is 78.9 Å². The van der Waals surface area contributed by atoms with Crippen LogP contribution in [0.5, 0.6) is 5.75 Å². The van der Waals surface area contributed by atoms with Crippen LogP contribution in [0.4, 0.5) is 13.2 Å². The van der Waals surface area contributed by atoms with E-state index in [2.05, 4.69) is 5.10 Å². The average Bonchev–Trinajstić information content (AvgIpc) is 3.22. The van der Waals surface area contributed by atoms with E-state index in [1.165, 1.54) is 18.2 Å². The second-order valence-electron chi connectivity index (χ2n) is 8.16. The molecule has 0 bridgehead atoms. The largest absolute Gasteiger partial charge is 0.508 e. The van der Waals surface area contributed by atoms with Crippen LogP contribution in [0.1, 0.15) is 39.2 Å². The molecule has 0 radical (unpaired) electrons. The second-order valence-corrected chi connectivity index (χ2v) is 8.16. The van der Waals surface area contributed by atoms with Crippen LogP contribution in [0.3, 0.4) is 0 Å². The maximum Gasteiger partial charge on any atom is 0.416 e. The lowest BCUT2D eigenvalue weighted by molar-refractivity contribution is -0.137. The molecule has 4 nitrogen and oxygen atoms in total. The fourth-order valence-corrected chi connectivity index (χ4v) is 3.74. The summed E-state index contributed by atoms with van der Waals surface area (Å²) in [5.41, 5.74) is 3.38. The Morgan fingerprint density at radius 1 is 0.971 bits per heavy atom. The number of halogens is 3. The average molecular weight is 464 g/mol. The molecular formula is C27H23F3N2O2. The summed E-state index contributed by atoms with van der Waals surface area (Å²) >= 11 is 0. The van der Waals surface area contributed by atoms with Crippen molar-refractivity contribution >= 4 is 5.78 Å². The van der Waals surface area contributed by atoms with Crippen molar-refractivity contribution in [3.8, 4) is 17.0 Å². The summed E-state index contributed by atoms with van der Waals surface area (Å²) in [5, 5.41) is 14.3. The van der Waals surface area contributed by atoms with E-state index < -0.39 is 11.7 Å². The van der Waals surface area contributed by atoms with Crippen LogP contribution in [-0.2, 0) is 19.1 Å². The van der Waals surface area contributed by atoms with E-state index in [0.717, 1.165) is 23.4 Å². The van der Waals surface area contributed by atoms with Gasteiger partial charge in [-0.2, -0.15) is 18.3 Å². The van der Waals surface area contributed by atoms with E-state index >= 15 is 0 Å². The molecule has 1 N–H and O–H groups in total. The molecule has 174 valence electrons. The topological polar surface area (TPSA) is 55.1 Å². The number of aromatic nitrogens is 2. The number of phenols is 1. The van der Waals surface area contributed by atoms with Crippen LogP contribution in [-0.4, -0.2) is 20.7 Å². The summed E-state index contributed by atoms with van der Waals surface area (Å²) in [6.45, 7) is 2.21. The number of benzene rings is 3. The second kappa shape index (κ2) is 9.55. The number of carbonyl (C=O) groups is 1. The summed E-state index contributed by atoms with van der Waals surface area (Å²) in [6, 6.07) is 21.2. The first-order valence-corrected chi connectivity index (χ1v) is 10.8. The van der Waals surface area contributed by atoms with Gasteiger partial charge in [0.1, 0.15) is 5.75 Å². The molecule has 0 aliphatic carbocycles. The number of alkyl halides is 3. The normalized spacial score (nSPS) is 11.5. The Labute approximate surface area is 195 Å². The van der Waals surface area contributed by atoms with Gasteiger partial charge in [0.2, 0.25) is 0 Å². The molecule has 0 atom stereocenters. The highest BCUT2D eigenvalue weighted by Crippen LogP contribution is 2.31. The highest BCUT2D eigenvalue weighted by atomic mass is 19.4. The zero-order chi connectivity index (χ0) is 24.3. The van der Waals surface area contributed by atoms with Crippen molar-refractivity contribution in [3.63, 3.8) is 0 Å². The highest BCUT2D eigenvalue weighted by Gasteiger charge is 2.30. The van der Waals surface area contributed by atoms with Gasteiger partial charge in [0.15, 0.2) is 5.78 Å². The zero-order valence-corrected chi connectivity index (χ0v) is 18.5. The van der Waals surface area contributed by atoms with Crippen molar-refractivity contribution in [1.29, 1.82) is 0 Å². The van der Waals surface area contributed by atoms with Gasteiger partial charge in [0.25, 0.3) is 0 Å². The van der Waals surface area contributed by atoms with E-state index in [-0.39, 0.29) is 18.0 Å². The number of aromatic hydroxyl groups is 1. The van der Waals surface area contributed by atoms with Gasteiger partial charge in [0, 0.05) is 23.2 Å². The van der Waals surface area contributed by atoms with E-state index in [9.17, 15) is 23.1 Å². The van der Waals surface area contributed by atoms with Crippen LogP contribution in [0, 0.1) is 6.92 Å². The van der Waals surface area contributed by atoms with Gasteiger partial charge in [0.05, 0.1) is 17.8 Å². The van der Waals surface area contributed by atoms with Crippen LogP contribution in [0.25, 0.3) is 11.3 Å². The first-order valence-electron chi connectivity index (χ1n) is 10.8. The van der Waals surface area contributed by atoms with Crippen molar-refractivity contribution in [1.82, 2.24) is 9.78 Å². The number of hydrogen-bond donors (Lipinski definition) is 1. The first-order chi connectivity index (χ1) is 16.2.